The van der Waals surface area contributed by atoms with Crippen LogP contribution in [-0.4, -0.2) is 50.6 Å². The quantitative estimate of drug-likeness (QED) is 0.744. The Morgan fingerprint density at radius 1 is 1.27 bits per heavy atom. The Bertz CT molecular complexity index is 756. The molecule has 7 nitrogen and oxygen atoms in total. The number of rotatable bonds is 6. The zero-order chi connectivity index (χ0) is 18.5. The fourth-order valence-corrected chi connectivity index (χ4v) is 3.43. The average Bonchev–Trinajstić information content (AvgIpc) is 3.28. The number of amides is 1. The van der Waals surface area contributed by atoms with E-state index >= 15 is 0 Å². The first-order valence-corrected chi connectivity index (χ1v) is 9.17. The number of likely N-dealkylation sites (tertiary alicyclic amines) is 1. The summed E-state index contributed by atoms with van der Waals surface area (Å²) in [4.78, 5) is 30.6. The van der Waals surface area contributed by atoms with Gasteiger partial charge in [0, 0.05) is 63.3 Å². The molecule has 1 amide bonds. The number of hydrogen-bond acceptors (Lipinski definition) is 4. The van der Waals surface area contributed by atoms with E-state index in [1.807, 2.05) is 30.1 Å². The maximum Gasteiger partial charge on any atom is 0.409 e. The molecule has 0 radical (unpaired) electrons. The van der Waals surface area contributed by atoms with Gasteiger partial charge in [-0.3, -0.25) is 4.79 Å². The van der Waals surface area contributed by atoms with Gasteiger partial charge in [0.15, 0.2) is 5.82 Å². The minimum absolute atomic E-state index is 0.0744. The monoisotopic (exact) mass is 358 g/mol. The molecule has 0 spiro atoms. The van der Waals surface area contributed by atoms with Gasteiger partial charge in [0.25, 0.3) is 0 Å². The highest BCUT2D eigenvalue weighted by molar-refractivity contribution is 5.94. The molecule has 2 aromatic rings. The van der Waals surface area contributed by atoms with Crippen LogP contribution in [0.3, 0.4) is 0 Å². The number of ketones is 1. The maximum atomic E-state index is 12.9. The number of Topliss-reactive ketones (excluding diaryl/α,β-unsaturated/α-hetero) is 1. The van der Waals surface area contributed by atoms with E-state index in [4.69, 9.17) is 4.74 Å². The lowest BCUT2D eigenvalue weighted by Crippen LogP contribution is -2.41. The number of piperidine rings is 1. The molecule has 1 aliphatic rings. The van der Waals surface area contributed by atoms with E-state index in [0.717, 1.165) is 13.0 Å². The Kier molecular flexibility index (Phi) is 5.75. The van der Waals surface area contributed by atoms with Crippen LogP contribution in [0.1, 0.15) is 36.1 Å². The second-order valence-electron chi connectivity index (χ2n) is 6.63. The minimum Gasteiger partial charge on any atom is -0.450 e. The Labute approximate surface area is 153 Å². The smallest absolute Gasteiger partial charge is 0.409 e. The number of ether oxygens (including phenoxy) is 1. The maximum absolute atomic E-state index is 12.9. The molecular formula is C19H26N4O3. The van der Waals surface area contributed by atoms with Crippen LogP contribution in [0.5, 0.6) is 0 Å². The molecule has 0 atom stereocenters. The molecule has 0 bridgehead atoms. The van der Waals surface area contributed by atoms with Crippen LogP contribution in [-0.2, 0) is 24.8 Å². The molecule has 0 N–H and O–H groups in total. The molecule has 0 aromatic carbocycles. The second-order valence-corrected chi connectivity index (χ2v) is 6.63. The van der Waals surface area contributed by atoms with Gasteiger partial charge in [-0.25, -0.2) is 9.78 Å². The largest absolute Gasteiger partial charge is 0.450 e. The third-order valence-corrected chi connectivity index (χ3v) is 4.99. The summed E-state index contributed by atoms with van der Waals surface area (Å²) >= 11 is 0. The van der Waals surface area contributed by atoms with Crippen molar-refractivity contribution < 1.29 is 14.3 Å². The first kappa shape index (κ1) is 18.2. The molecule has 1 fully saturated rings. The van der Waals surface area contributed by atoms with Crippen LogP contribution in [0.4, 0.5) is 4.79 Å². The van der Waals surface area contributed by atoms with Crippen molar-refractivity contribution in [3.8, 4) is 0 Å². The Hall–Kier alpha value is -2.57. The first-order chi connectivity index (χ1) is 12.6. The topological polar surface area (TPSA) is 69.4 Å². The number of imidazole rings is 1. The van der Waals surface area contributed by atoms with Crippen LogP contribution in [0.25, 0.3) is 0 Å². The van der Waals surface area contributed by atoms with Gasteiger partial charge in [-0.15, -0.1) is 0 Å². The third kappa shape index (κ3) is 3.98. The van der Waals surface area contributed by atoms with Gasteiger partial charge in [0.05, 0.1) is 6.61 Å². The van der Waals surface area contributed by atoms with Gasteiger partial charge in [-0.2, -0.15) is 0 Å². The summed E-state index contributed by atoms with van der Waals surface area (Å²) < 4.78 is 9.05. The molecule has 2 aromatic heterocycles. The van der Waals surface area contributed by atoms with Crippen LogP contribution in [0, 0.1) is 5.92 Å². The van der Waals surface area contributed by atoms with Crippen molar-refractivity contribution in [1.82, 2.24) is 19.0 Å². The molecule has 7 heteroatoms. The van der Waals surface area contributed by atoms with Crippen LogP contribution in [0.2, 0.25) is 0 Å². The fraction of sp³-hybridized carbons (Fsp3) is 0.526. The lowest BCUT2D eigenvalue weighted by molar-refractivity contribution is 0.0743. The summed E-state index contributed by atoms with van der Waals surface area (Å²) in [6.45, 7) is 4.00. The van der Waals surface area contributed by atoms with E-state index in [0.29, 0.717) is 38.4 Å². The number of hydrogen-bond donors (Lipinski definition) is 0. The highest BCUT2D eigenvalue weighted by atomic mass is 16.6. The van der Waals surface area contributed by atoms with Crippen molar-refractivity contribution in [2.75, 3.05) is 19.7 Å². The zero-order valence-corrected chi connectivity index (χ0v) is 15.4. The van der Waals surface area contributed by atoms with Crippen LogP contribution < -0.4 is 0 Å². The van der Waals surface area contributed by atoms with Crippen molar-refractivity contribution in [2.24, 2.45) is 13.0 Å². The molecule has 1 saturated heterocycles. The Morgan fingerprint density at radius 3 is 2.69 bits per heavy atom. The normalized spacial score (nSPS) is 15.2. The Morgan fingerprint density at radius 2 is 2.04 bits per heavy atom. The fourth-order valence-electron chi connectivity index (χ4n) is 3.43. The number of nitrogens with zero attached hydrogens (tertiary/aromatic N) is 4. The highest BCUT2D eigenvalue weighted by Crippen LogP contribution is 2.22. The van der Waals surface area contributed by atoms with Crippen molar-refractivity contribution >= 4 is 11.9 Å². The molecule has 26 heavy (non-hydrogen) atoms. The van der Waals surface area contributed by atoms with Gasteiger partial charge < -0.3 is 18.8 Å². The van der Waals surface area contributed by atoms with E-state index < -0.39 is 0 Å². The van der Waals surface area contributed by atoms with E-state index in [9.17, 15) is 9.59 Å². The van der Waals surface area contributed by atoms with Crippen molar-refractivity contribution in [2.45, 2.75) is 32.7 Å². The van der Waals surface area contributed by atoms with Crippen molar-refractivity contribution in [3.63, 3.8) is 0 Å². The van der Waals surface area contributed by atoms with Crippen LogP contribution in [0.15, 0.2) is 30.7 Å². The van der Waals surface area contributed by atoms with Crippen molar-refractivity contribution in [3.05, 3.63) is 42.2 Å². The summed E-state index contributed by atoms with van der Waals surface area (Å²) in [7, 11) is 2.02. The molecule has 1 aliphatic heterocycles. The number of aromatic nitrogens is 3. The van der Waals surface area contributed by atoms with E-state index in [2.05, 4.69) is 15.6 Å². The zero-order valence-electron chi connectivity index (χ0n) is 15.4. The minimum atomic E-state index is -0.289. The lowest BCUT2D eigenvalue weighted by Gasteiger charge is -2.30. The summed E-state index contributed by atoms with van der Waals surface area (Å²) in [5.74, 6) is 0.510. The van der Waals surface area contributed by atoms with Gasteiger partial charge in [-0.05, 0) is 31.9 Å². The summed E-state index contributed by atoms with van der Waals surface area (Å²) in [6.07, 6.45) is 7.44. The predicted molar refractivity (Wildman–Crippen MR) is 97.0 cm³/mol. The molecule has 3 heterocycles. The number of carbonyl (C=O) groups is 2. The Balaban J connectivity index is 1.58. The highest BCUT2D eigenvalue weighted by Gasteiger charge is 2.30. The summed E-state index contributed by atoms with van der Waals surface area (Å²) in [5, 5.41) is 0. The molecule has 0 aliphatic carbocycles. The number of carbonyl (C=O) groups excluding carboxylic acids is 2. The molecule has 0 saturated carbocycles. The molecule has 140 valence electrons. The first-order valence-electron chi connectivity index (χ1n) is 9.17. The summed E-state index contributed by atoms with van der Waals surface area (Å²) in [5.41, 5.74) is 1.22. The SMILES string of the molecule is CCOC(=O)N1CCC(C(=O)c2nccn2CCc2cccn2C)CC1. The second kappa shape index (κ2) is 8.21. The van der Waals surface area contributed by atoms with E-state index in [-0.39, 0.29) is 17.8 Å². The average molecular weight is 358 g/mol. The lowest BCUT2D eigenvalue weighted by atomic mass is 9.92. The predicted octanol–water partition coefficient (Wildman–Crippen LogP) is 2.52. The van der Waals surface area contributed by atoms with Gasteiger partial charge in [-0.1, -0.05) is 0 Å². The van der Waals surface area contributed by atoms with Crippen LogP contribution >= 0.6 is 0 Å². The van der Waals surface area contributed by atoms with Gasteiger partial charge in [0.1, 0.15) is 0 Å². The van der Waals surface area contributed by atoms with E-state index in [1.165, 1.54) is 5.69 Å². The van der Waals surface area contributed by atoms with Gasteiger partial charge in [0.2, 0.25) is 5.78 Å². The molecule has 3 rings (SSSR count). The third-order valence-electron chi connectivity index (χ3n) is 4.99. The van der Waals surface area contributed by atoms with E-state index in [1.54, 1.807) is 18.0 Å². The van der Waals surface area contributed by atoms with Gasteiger partial charge >= 0.3 is 6.09 Å². The van der Waals surface area contributed by atoms with Crippen molar-refractivity contribution in [1.29, 1.82) is 0 Å². The molecular weight excluding hydrogens is 332 g/mol. The number of aryl methyl sites for hydroxylation is 3. The molecule has 0 unspecified atom stereocenters. The standard InChI is InChI=1S/C19H26N4O3/c1-3-26-19(25)23-11-6-15(7-12-23)17(24)18-20-9-14-22(18)13-8-16-5-4-10-21(16)2/h4-5,9-10,14-15H,3,6-8,11-13H2,1-2H3. The summed E-state index contributed by atoms with van der Waals surface area (Å²) in [6, 6.07) is 4.11.